The Balaban J connectivity index is 2.14. The van der Waals surface area contributed by atoms with Gasteiger partial charge in [-0.3, -0.25) is 14.4 Å². The van der Waals surface area contributed by atoms with Gasteiger partial charge in [0.2, 0.25) is 0 Å². The average molecular weight is 293 g/mol. The van der Waals surface area contributed by atoms with Crippen LogP contribution in [0.15, 0.2) is 6.20 Å². The molecule has 1 aliphatic rings. The Morgan fingerprint density at radius 1 is 1.52 bits per heavy atom. The van der Waals surface area contributed by atoms with Gasteiger partial charge in [-0.25, -0.2) is 0 Å². The first kappa shape index (κ1) is 16.0. The summed E-state index contributed by atoms with van der Waals surface area (Å²) < 4.78 is 1.85. The molecule has 2 heterocycles. The van der Waals surface area contributed by atoms with E-state index in [1.165, 1.54) is 5.56 Å². The molecule has 1 aliphatic heterocycles. The van der Waals surface area contributed by atoms with Crippen LogP contribution in [0.3, 0.4) is 0 Å². The highest BCUT2D eigenvalue weighted by Crippen LogP contribution is 2.37. The average Bonchev–Trinajstić information content (AvgIpc) is 2.76. The highest BCUT2D eigenvalue weighted by Gasteiger charge is 2.40. The number of hydrogen-bond acceptors (Lipinski definition) is 3. The van der Waals surface area contributed by atoms with Gasteiger partial charge in [0, 0.05) is 31.4 Å². The van der Waals surface area contributed by atoms with Crippen LogP contribution in [0.5, 0.6) is 0 Å². The maximum atomic E-state index is 11.5. The summed E-state index contributed by atoms with van der Waals surface area (Å²) in [5.74, 6) is -0.497. The summed E-state index contributed by atoms with van der Waals surface area (Å²) in [6.45, 7) is 9.80. The van der Waals surface area contributed by atoms with Crippen molar-refractivity contribution >= 4 is 5.97 Å². The van der Waals surface area contributed by atoms with Gasteiger partial charge in [0.15, 0.2) is 0 Å². The number of rotatable bonds is 4. The zero-order valence-corrected chi connectivity index (χ0v) is 13.8. The Hall–Kier alpha value is -1.36. The van der Waals surface area contributed by atoms with E-state index in [9.17, 15) is 9.90 Å². The second-order valence-corrected chi connectivity index (χ2v) is 6.88. The van der Waals surface area contributed by atoms with Gasteiger partial charge in [0.1, 0.15) is 0 Å². The number of carboxylic acids is 1. The molecule has 1 aromatic heterocycles. The number of nitrogens with zero attached hydrogens (tertiary/aromatic N) is 3. The van der Waals surface area contributed by atoms with E-state index in [-0.39, 0.29) is 12.0 Å². The molecule has 0 saturated carbocycles. The third-order valence-electron chi connectivity index (χ3n) is 5.07. The van der Waals surface area contributed by atoms with Crippen LogP contribution in [-0.2, 0) is 11.8 Å². The molecular weight excluding hydrogens is 266 g/mol. The fraction of sp³-hybridized carbons (Fsp3) is 0.750. The summed E-state index contributed by atoms with van der Waals surface area (Å²) in [4.78, 5) is 13.9. The Morgan fingerprint density at radius 2 is 2.19 bits per heavy atom. The quantitative estimate of drug-likeness (QED) is 0.927. The summed E-state index contributed by atoms with van der Waals surface area (Å²) >= 11 is 0. The van der Waals surface area contributed by atoms with Crippen molar-refractivity contribution in [2.75, 3.05) is 13.1 Å². The van der Waals surface area contributed by atoms with E-state index in [0.717, 1.165) is 31.6 Å². The van der Waals surface area contributed by atoms with Crippen molar-refractivity contribution in [1.82, 2.24) is 14.7 Å². The van der Waals surface area contributed by atoms with Gasteiger partial charge in [-0.05, 0) is 53.0 Å². The molecule has 2 atom stereocenters. The van der Waals surface area contributed by atoms with Crippen molar-refractivity contribution in [2.45, 2.75) is 46.6 Å². The highest BCUT2D eigenvalue weighted by molar-refractivity contribution is 5.74. The van der Waals surface area contributed by atoms with E-state index in [4.69, 9.17) is 0 Å². The molecule has 1 fully saturated rings. The molecule has 0 aliphatic carbocycles. The maximum Gasteiger partial charge on any atom is 0.309 e. The molecule has 2 unspecified atom stereocenters. The molecule has 0 spiro atoms. The van der Waals surface area contributed by atoms with Gasteiger partial charge < -0.3 is 5.11 Å². The molecule has 1 saturated heterocycles. The van der Waals surface area contributed by atoms with Gasteiger partial charge in [0.25, 0.3) is 0 Å². The van der Waals surface area contributed by atoms with Crippen molar-refractivity contribution in [3.8, 4) is 0 Å². The monoisotopic (exact) mass is 293 g/mol. The van der Waals surface area contributed by atoms with E-state index < -0.39 is 11.4 Å². The zero-order valence-electron chi connectivity index (χ0n) is 13.8. The summed E-state index contributed by atoms with van der Waals surface area (Å²) in [5.41, 5.74) is 1.64. The number of carboxylic acid groups (broad SMARTS) is 1. The van der Waals surface area contributed by atoms with Gasteiger partial charge in [0.05, 0.1) is 11.1 Å². The minimum absolute atomic E-state index is 0.197. The first-order valence-electron chi connectivity index (χ1n) is 7.71. The molecule has 0 amide bonds. The standard InChI is InChI=1S/C16H27N3O2/c1-11-14(10-18(5)17-11)12(2)19-8-6-7-13(9-19)16(3,4)15(20)21/h10,12-13H,6-9H2,1-5H3,(H,20,21). The van der Waals surface area contributed by atoms with Gasteiger partial charge in [-0.15, -0.1) is 0 Å². The molecule has 0 bridgehead atoms. The van der Waals surface area contributed by atoms with Crippen molar-refractivity contribution in [2.24, 2.45) is 18.4 Å². The predicted octanol–water partition coefficient (Wildman–Crippen LogP) is 2.61. The second-order valence-electron chi connectivity index (χ2n) is 6.88. The van der Waals surface area contributed by atoms with Crippen LogP contribution >= 0.6 is 0 Å². The van der Waals surface area contributed by atoms with Crippen LogP contribution in [0.1, 0.15) is 50.9 Å². The third-order valence-corrected chi connectivity index (χ3v) is 5.07. The Kier molecular flexibility index (Phi) is 4.42. The lowest BCUT2D eigenvalue weighted by Gasteiger charge is -2.41. The summed E-state index contributed by atoms with van der Waals surface area (Å²) in [6.07, 6.45) is 4.13. The van der Waals surface area contributed by atoms with Gasteiger partial charge in [-0.2, -0.15) is 5.10 Å². The molecule has 1 N–H and O–H groups in total. The van der Waals surface area contributed by atoms with Crippen LogP contribution < -0.4 is 0 Å². The number of likely N-dealkylation sites (tertiary alicyclic amines) is 1. The van der Waals surface area contributed by atoms with Crippen molar-refractivity contribution in [3.63, 3.8) is 0 Å². The number of hydrogen-bond donors (Lipinski definition) is 1. The lowest BCUT2D eigenvalue weighted by molar-refractivity contribution is -0.151. The Labute approximate surface area is 126 Å². The van der Waals surface area contributed by atoms with Crippen molar-refractivity contribution in [3.05, 3.63) is 17.5 Å². The van der Waals surface area contributed by atoms with Crippen LogP contribution in [0, 0.1) is 18.3 Å². The van der Waals surface area contributed by atoms with Crippen molar-refractivity contribution < 1.29 is 9.90 Å². The van der Waals surface area contributed by atoms with E-state index in [1.807, 2.05) is 32.5 Å². The normalized spacial score (nSPS) is 22.2. The van der Waals surface area contributed by atoms with Crippen LogP contribution in [0.2, 0.25) is 0 Å². The molecule has 21 heavy (non-hydrogen) atoms. The van der Waals surface area contributed by atoms with Crippen LogP contribution in [-0.4, -0.2) is 38.8 Å². The Bertz CT molecular complexity index is 522. The highest BCUT2D eigenvalue weighted by atomic mass is 16.4. The van der Waals surface area contributed by atoms with Gasteiger partial charge in [-0.1, -0.05) is 0 Å². The minimum Gasteiger partial charge on any atom is -0.481 e. The summed E-state index contributed by atoms with van der Waals surface area (Å²) in [7, 11) is 1.94. The molecule has 0 aromatic carbocycles. The van der Waals surface area contributed by atoms with E-state index in [2.05, 4.69) is 23.1 Å². The van der Waals surface area contributed by atoms with Crippen LogP contribution in [0.25, 0.3) is 0 Å². The molecule has 5 nitrogen and oxygen atoms in total. The van der Waals surface area contributed by atoms with E-state index >= 15 is 0 Å². The smallest absolute Gasteiger partial charge is 0.309 e. The van der Waals surface area contributed by atoms with E-state index in [0.29, 0.717) is 0 Å². The molecule has 118 valence electrons. The fourth-order valence-electron chi connectivity index (χ4n) is 3.35. The largest absolute Gasteiger partial charge is 0.481 e. The first-order chi connectivity index (χ1) is 9.73. The number of aromatic nitrogens is 2. The second kappa shape index (κ2) is 5.79. The number of aliphatic carboxylic acids is 1. The SMILES string of the molecule is Cc1nn(C)cc1C(C)N1CCCC(C(C)(C)C(=O)O)C1. The topological polar surface area (TPSA) is 58.4 Å². The number of aryl methyl sites for hydroxylation is 2. The molecule has 2 rings (SSSR count). The maximum absolute atomic E-state index is 11.5. The Morgan fingerprint density at radius 3 is 2.71 bits per heavy atom. The molecular formula is C16H27N3O2. The minimum atomic E-state index is -0.695. The summed E-state index contributed by atoms with van der Waals surface area (Å²) in [5, 5.41) is 13.9. The zero-order chi connectivity index (χ0) is 15.8. The van der Waals surface area contributed by atoms with Crippen molar-refractivity contribution in [1.29, 1.82) is 0 Å². The first-order valence-corrected chi connectivity index (χ1v) is 7.71. The molecule has 0 radical (unpaired) electrons. The van der Waals surface area contributed by atoms with Crippen LogP contribution in [0.4, 0.5) is 0 Å². The lowest BCUT2D eigenvalue weighted by atomic mass is 9.74. The molecule has 5 heteroatoms. The van der Waals surface area contributed by atoms with E-state index in [1.54, 1.807) is 0 Å². The number of piperidine rings is 1. The predicted molar refractivity (Wildman–Crippen MR) is 82.1 cm³/mol. The summed E-state index contributed by atoms with van der Waals surface area (Å²) in [6, 6.07) is 0.283. The molecule has 1 aromatic rings. The third kappa shape index (κ3) is 3.12. The lowest BCUT2D eigenvalue weighted by Crippen LogP contribution is -2.45. The number of carbonyl (C=O) groups is 1. The fourth-order valence-corrected chi connectivity index (χ4v) is 3.35. The van der Waals surface area contributed by atoms with Gasteiger partial charge >= 0.3 is 5.97 Å².